The van der Waals surface area contributed by atoms with Gasteiger partial charge in [-0.1, -0.05) is 127 Å². The third kappa shape index (κ3) is 5.22. The molecule has 4 heterocycles. The number of para-hydroxylation sites is 2. The molecule has 4 nitrogen and oxygen atoms in total. The fraction of sp³-hybridized carbons (Fsp3) is 0.0392. The van der Waals surface area contributed by atoms with E-state index >= 15 is 0 Å². The first-order valence-corrected chi connectivity index (χ1v) is 21.0. The van der Waals surface area contributed by atoms with Crippen LogP contribution in [0.25, 0.3) is 103 Å². The van der Waals surface area contributed by atoms with E-state index in [2.05, 4.69) is 138 Å². The molecule has 7 aromatic carbocycles. The average Bonchev–Trinajstić information content (AvgIpc) is 3.96. The van der Waals surface area contributed by atoms with Crippen molar-refractivity contribution in [3.63, 3.8) is 0 Å². The highest BCUT2D eigenvalue weighted by Crippen LogP contribution is 2.46. The maximum absolute atomic E-state index is 5.05. The molecule has 0 unspecified atom stereocenters. The van der Waals surface area contributed by atoms with Crippen molar-refractivity contribution >= 4 is 80.4 Å². The molecule has 0 radical (unpaired) electrons. The van der Waals surface area contributed by atoms with Crippen LogP contribution in [0.4, 0.5) is 0 Å². The highest BCUT2D eigenvalue weighted by molar-refractivity contribution is 7.26. The summed E-state index contributed by atoms with van der Waals surface area (Å²) in [5, 5.41) is 6.41. The first kappa shape index (κ1) is 32.5. The van der Waals surface area contributed by atoms with Crippen LogP contribution in [0, 0.1) is 0 Å². The molecule has 6 heteroatoms. The van der Waals surface area contributed by atoms with Crippen molar-refractivity contribution < 1.29 is 0 Å². The summed E-state index contributed by atoms with van der Waals surface area (Å²) in [4.78, 5) is 16.5. The summed E-state index contributed by atoms with van der Waals surface area (Å²) in [5.41, 5.74) is 10.6. The maximum atomic E-state index is 5.05. The summed E-state index contributed by atoms with van der Waals surface area (Å²) >= 11 is 3.80. The van der Waals surface area contributed by atoms with Crippen molar-refractivity contribution in [1.29, 1.82) is 0 Å². The Balaban J connectivity index is 0.999. The van der Waals surface area contributed by atoms with Crippen LogP contribution in [0.1, 0.15) is 16.9 Å². The largest absolute Gasteiger partial charge is 0.309 e. The molecule has 11 aromatic rings. The van der Waals surface area contributed by atoms with Crippen LogP contribution < -0.4 is 0 Å². The average molecular weight is 765 g/mol. The summed E-state index contributed by atoms with van der Waals surface area (Å²) in [6, 6.07) is 58.5. The number of hydrogen-bond donors (Lipinski definition) is 0. The number of aryl methyl sites for hydroxylation is 1. The molecule has 4 aromatic heterocycles. The molecule has 0 amide bonds. The van der Waals surface area contributed by atoms with Crippen molar-refractivity contribution in [1.82, 2.24) is 19.5 Å². The highest BCUT2D eigenvalue weighted by Gasteiger charge is 2.24. The van der Waals surface area contributed by atoms with Crippen LogP contribution in [0.2, 0.25) is 0 Å². The zero-order valence-corrected chi connectivity index (χ0v) is 32.3. The second kappa shape index (κ2) is 12.9. The lowest BCUT2D eigenvalue weighted by atomic mass is 9.95. The lowest BCUT2D eigenvalue weighted by Crippen LogP contribution is -2.04. The number of allylic oxidation sites excluding steroid dienone is 1. The standard InChI is InChI=1S/C51H32N4S2/c1-3-13-31(14-4-1)49-52-50(32-15-5-2-6-16-32)54-51(53-49)34-26-28-43-39(29-34)47-35(19-11-23-44(47)56-43)33-25-27-38-46(30-33)57-45-24-12-22-42(48(38)45)55-40-20-9-7-17-36(40)37-18-8-10-21-41(37)55/h1-11,13-23,25-30H,12,24H2. The number of hydrogen-bond acceptors (Lipinski definition) is 5. The molecular weight excluding hydrogens is 733 g/mol. The van der Waals surface area contributed by atoms with Gasteiger partial charge in [0.1, 0.15) is 0 Å². The minimum Gasteiger partial charge on any atom is -0.309 e. The molecule has 0 saturated carbocycles. The van der Waals surface area contributed by atoms with E-state index in [9.17, 15) is 0 Å². The van der Waals surface area contributed by atoms with Crippen LogP contribution in [-0.4, -0.2) is 19.5 Å². The minimum absolute atomic E-state index is 0.665. The summed E-state index contributed by atoms with van der Waals surface area (Å²) in [5.74, 6) is 2.00. The van der Waals surface area contributed by atoms with Crippen LogP contribution >= 0.6 is 22.7 Å². The maximum Gasteiger partial charge on any atom is 0.164 e. The van der Waals surface area contributed by atoms with Gasteiger partial charge in [-0.25, -0.2) is 15.0 Å². The lowest BCUT2D eigenvalue weighted by Gasteiger charge is -2.18. The van der Waals surface area contributed by atoms with Crippen molar-refractivity contribution in [2.45, 2.75) is 12.8 Å². The van der Waals surface area contributed by atoms with Crippen LogP contribution in [0.15, 0.2) is 170 Å². The third-order valence-electron chi connectivity index (χ3n) is 11.3. The Labute approximate surface area is 336 Å². The number of benzene rings is 7. The van der Waals surface area contributed by atoms with Gasteiger partial charge in [0.15, 0.2) is 17.5 Å². The molecule has 0 bridgehead atoms. The molecule has 268 valence electrons. The van der Waals surface area contributed by atoms with Gasteiger partial charge < -0.3 is 4.57 Å². The molecule has 1 aliphatic carbocycles. The number of thiophene rings is 2. The summed E-state index contributed by atoms with van der Waals surface area (Å²) in [6.45, 7) is 0. The van der Waals surface area contributed by atoms with Gasteiger partial charge in [0, 0.05) is 68.2 Å². The van der Waals surface area contributed by atoms with Crippen molar-refractivity contribution in [3.8, 4) is 45.3 Å². The molecule has 12 rings (SSSR count). The zero-order valence-electron chi connectivity index (χ0n) is 30.7. The van der Waals surface area contributed by atoms with E-state index in [1.165, 1.54) is 79.3 Å². The van der Waals surface area contributed by atoms with Gasteiger partial charge in [-0.05, 0) is 66.4 Å². The van der Waals surface area contributed by atoms with Gasteiger partial charge in [0.25, 0.3) is 0 Å². The molecule has 1 aliphatic rings. The lowest BCUT2D eigenvalue weighted by molar-refractivity contribution is 0.985. The third-order valence-corrected chi connectivity index (χ3v) is 13.7. The molecule has 0 spiro atoms. The predicted octanol–water partition coefficient (Wildman–Crippen LogP) is 14.1. The summed E-state index contributed by atoms with van der Waals surface area (Å²) in [6.07, 6.45) is 4.55. The van der Waals surface area contributed by atoms with Crippen molar-refractivity contribution in [2.24, 2.45) is 0 Å². The number of fused-ring (bicyclic) bond motifs is 9. The van der Waals surface area contributed by atoms with Crippen LogP contribution in [-0.2, 0) is 6.42 Å². The summed E-state index contributed by atoms with van der Waals surface area (Å²) < 4.78 is 6.34. The van der Waals surface area contributed by atoms with E-state index in [4.69, 9.17) is 15.0 Å². The van der Waals surface area contributed by atoms with Gasteiger partial charge in [-0.15, -0.1) is 22.7 Å². The molecule has 0 atom stereocenters. The molecule has 57 heavy (non-hydrogen) atoms. The molecule has 0 saturated heterocycles. The second-order valence-corrected chi connectivity index (χ2v) is 16.9. The molecule has 0 fully saturated rings. The Morgan fingerprint density at radius 3 is 1.77 bits per heavy atom. The van der Waals surface area contributed by atoms with Gasteiger partial charge in [0.2, 0.25) is 0 Å². The second-order valence-electron chi connectivity index (χ2n) is 14.6. The number of aromatic nitrogens is 4. The first-order valence-electron chi connectivity index (χ1n) is 19.3. The van der Waals surface area contributed by atoms with E-state index in [1.807, 2.05) is 59.1 Å². The van der Waals surface area contributed by atoms with Crippen LogP contribution in [0.5, 0.6) is 0 Å². The number of nitrogens with zero attached hydrogens (tertiary/aromatic N) is 4. The van der Waals surface area contributed by atoms with Gasteiger partial charge in [0.05, 0.1) is 16.7 Å². The Morgan fingerprint density at radius 1 is 0.439 bits per heavy atom. The van der Waals surface area contributed by atoms with Gasteiger partial charge >= 0.3 is 0 Å². The zero-order chi connectivity index (χ0) is 37.5. The van der Waals surface area contributed by atoms with E-state index in [-0.39, 0.29) is 0 Å². The van der Waals surface area contributed by atoms with E-state index in [0.29, 0.717) is 17.5 Å². The van der Waals surface area contributed by atoms with Crippen LogP contribution in [0.3, 0.4) is 0 Å². The Morgan fingerprint density at radius 2 is 1.07 bits per heavy atom. The van der Waals surface area contributed by atoms with Crippen molar-refractivity contribution in [3.05, 3.63) is 180 Å². The van der Waals surface area contributed by atoms with Gasteiger partial charge in [-0.2, -0.15) is 0 Å². The fourth-order valence-electron chi connectivity index (χ4n) is 8.74. The molecular formula is C51H32N4S2. The molecule has 0 N–H and O–H groups in total. The summed E-state index contributed by atoms with van der Waals surface area (Å²) in [7, 11) is 0. The van der Waals surface area contributed by atoms with Crippen molar-refractivity contribution in [2.75, 3.05) is 0 Å². The monoisotopic (exact) mass is 764 g/mol. The van der Waals surface area contributed by atoms with Gasteiger partial charge in [-0.3, -0.25) is 0 Å². The highest BCUT2D eigenvalue weighted by atomic mass is 32.1. The quantitative estimate of drug-likeness (QED) is 0.175. The Hall–Kier alpha value is -6.73. The predicted molar refractivity (Wildman–Crippen MR) is 241 cm³/mol. The number of rotatable bonds is 5. The van der Waals surface area contributed by atoms with E-state index < -0.39 is 0 Å². The smallest absolute Gasteiger partial charge is 0.164 e. The molecule has 0 aliphatic heterocycles. The SMILES string of the molecule is C1=C(n2c3ccccc3c3ccccc32)c2c(sc3cc(-c4cccc5sc6ccc(-c7nc(-c8ccccc8)nc(-c8ccccc8)n7)cc6c45)ccc23)CC1. The Kier molecular flexibility index (Phi) is 7.37. The Bertz CT molecular complexity index is 3300. The minimum atomic E-state index is 0.665. The topological polar surface area (TPSA) is 43.6 Å². The van der Waals surface area contributed by atoms with E-state index in [0.717, 1.165) is 29.5 Å². The van der Waals surface area contributed by atoms with E-state index in [1.54, 1.807) is 0 Å². The normalized spacial score (nSPS) is 12.9. The first-order chi connectivity index (χ1) is 28.2. The fourth-order valence-corrected chi connectivity index (χ4v) is 11.1.